The SMILES string of the molecule is NC(=O)[C@H]1CC[C@H](NC(=O)O)C1. The number of carboxylic acid groups (broad SMARTS) is 1. The van der Waals surface area contributed by atoms with Crippen molar-refractivity contribution in [2.75, 3.05) is 0 Å². The van der Waals surface area contributed by atoms with Crippen LogP contribution in [0.15, 0.2) is 0 Å². The smallest absolute Gasteiger partial charge is 0.404 e. The first-order chi connectivity index (χ1) is 5.59. The van der Waals surface area contributed by atoms with Gasteiger partial charge in [0.2, 0.25) is 5.91 Å². The van der Waals surface area contributed by atoms with Gasteiger partial charge >= 0.3 is 6.09 Å². The van der Waals surface area contributed by atoms with E-state index in [4.69, 9.17) is 10.8 Å². The zero-order chi connectivity index (χ0) is 9.14. The molecule has 0 aromatic rings. The summed E-state index contributed by atoms with van der Waals surface area (Å²) in [5.41, 5.74) is 5.08. The Morgan fingerprint density at radius 3 is 2.50 bits per heavy atom. The lowest BCUT2D eigenvalue weighted by atomic mass is 10.1. The van der Waals surface area contributed by atoms with E-state index in [0.29, 0.717) is 19.3 Å². The van der Waals surface area contributed by atoms with Gasteiger partial charge in [0.15, 0.2) is 0 Å². The molecule has 68 valence electrons. The second kappa shape index (κ2) is 3.42. The Bertz CT molecular complexity index is 205. The average Bonchev–Trinajstić information content (AvgIpc) is 2.34. The summed E-state index contributed by atoms with van der Waals surface area (Å²) < 4.78 is 0. The highest BCUT2D eigenvalue weighted by Gasteiger charge is 2.28. The van der Waals surface area contributed by atoms with Gasteiger partial charge in [0.25, 0.3) is 0 Å². The van der Waals surface area contributed by atoms with Crippen LogP contribution in [0, 0.1) is 5.92 Å². The van der Waals surface area contributed by atoms with Crippen molar-refractivity contribution in [1.82, 2.24) is 5.32 Å². The molecule has 1 aliphatic carbocycles. The normalized spacial score (nSPS) is 28.3. The maximum absolute atomic E-state index is 10.7. The van der Waals surface area contributed by atoms with Gasteiger partial charge in [0.1, 0.15) is 0 Å². The summed E-state index contributed by atoms with van der Waals surface area (Å²) in [5.74, 6) is -0.480. The van der Waals surface area contributed by atoms with E-state index >= 15 is 0 Å². The summed E-state index contributed by atoms with van der Waals surface area (Å²) >= 11 is 0. The van der Waals surface area contributed by atoms with Gasteiger partial charge in [-0.05, 0) is 19.3 Å². The van der Waals surface area contributed by atoms with Gasteiger partial charge in [0, 0.05) is 12.0 Å². The maximum Gasteiger partial charge on any atom is 0.404 e. The van der Waals surface area contributed by atoms with Gasteiger partial charge in [-0.25, -0.2) is 4.79 Å². The number of hydrogen-bond donors (Lipinski definition) is 3. The summed E-state index contributed by atoms with van der Waals surface area (Å²) in [5, 5.41) is 10.7. The Kier molecular flexibility index (Phi) is 2.52. The highest BCUT2D eigenvalue weighted by atomic mass is 16.4. The zero-order valence-corrected chi connectivity index (χ0v) is 6.62. The topological polar surface area (TPSA) is 92.4 Å². The van der Waals surface area contributed by atoms with E-state index in [0.717, 1.165) is 0 Å². The van der Waals surface area contributed by atoms with Gasteiger partial charge in [-0.3, -0.25) is 4.79 Å². The van der Waals surface area contributed by atoms with E-state index < -0.39 is 6.09 Å². The molecule has 0 saturated heterocycles. The number of nitrogens with one attached hydrogen (secondary N) is 1. The van der Waals surface area contributed by atoms with Crippen LogP contribution in [0.2, 0.25) is 0 Å². The van der Waals surface area contributed by atoms with E-state index in [2.05, 4.69) is 5.32 Å². The standard InChI is InChI=1S/C7H12N2O3/c8-6(10)4-1-2-5(3-4)9-7(11)12/h4-5,9H,1-3H2,(H2,8,10)(H,11,12)/t4-,5-/m0/s1. The average molecular weight is 172 g/mol. The van der Waals surface area contributed by atoms with Crippen LogP contribution in [-0.2, 0) is 4.79 Å². The largest absolute Gasteiger partial charge is 0.465 e. The Morgan fingerprint density at radius 1 is 1.42 bits per heavy atom. The van der Waals surface area contributed by atoms with Crippen LogP contribution in [0.25, 0.3) is 0 Å². The van der Waals surface area contributed by atoms with Crippen LogP contribution in [-0.4, -0.2) is 23.1 Å². The maximum atomic E-state index is 10.7. The summed E-state index contributed by atoms with van der Waals surface area (Å²) in [6.07, 6.45) is 0.909. The van der Waals surface area contributed by atoms with Crippen molar-refractivity contribution < 1.29 is 14.7 Å². The van der Waals surface area contributed by atoms with E-state index in [9.17, 15) is 9.59 Å². The van der Waals surface area contributed by atoms with Gasteiger partial charge in [0.05, 0.1) is 0 Å². The summed E-state index contributed by atoms with van der Waals surface area (Å²) in [4.78, 5) is 20.9. The molecule has 0 spiro atoms. The lowest BCUT2D eigenvalue weighted by Gasteiger charge is -2.08. The molecule has 12 heavy (non-hydrogen) atoms. The lowest BCUT2D eigenvalue weighted by molar-refractivity contribution is -0.121. The molecule has 0 aromatic heterocycles. The number of primary amides is 1. The van der Waals surface area contributed by atoms with Crippen molar-refractivity contribution in [2.45, 2.75) is 25.3 Å². The first-order valence-corrected chi connectivity index (χ1v) is 3.88. The Labute approximate surface area is 69.9 Å². The van der Waals surface area contributed by atoms with Gasteiger partial charge in [-0.1, -0.05) is 0 Å². The molecule has 4 N–H and O–H groups in total. The van der Waals surface area contributed by atoms with Crippen LogP contribution >= 0.6 is 0 Å². The fourth-order valence-corrected chi connectivity index (χ4v) is 1.55. The quantitative estimate of drug-likeness (QED) is 0.543. The molecule has 5 heteroatoms. The summed E-state index contributed by atoms with van der Waals surface area (Å²) in [7, 11) is 0. The molecule has 0 bridgehead atoms. The number of carbonyl (C=O) groups is 2. The molecule has 0 aromatic carbocycles. The van der Waals surface area contributed by atoms with Gasteiger partial charge in [-0.2, -0.15) is 0 Å². The van der Waals surface area contributed by atoms with E-state index in [1.54, 1.807) is 0 Å². The van der Waals surface area contributed by atoms with Gasteiger partial charge < -0.3 is 16.2 Å². The zero-order valence-electron chi connectivity index (χ0n) is 6.62. The summed E-state index contributed by atoms with van der Waals surface area (Å²) in [6, 6.07) is -0.0972. The Morgan fingerprint density at radius 2 is 2.08 bits per heavy atom. The Hall–Kier alpha value is -1.26. The molecule has 1 fully saturated rings. The molecule has 1 aliphatic rings. The molecule has 2 atom stereocenters. The van der Waals surface area contributed by atoms with Crippen LogP contribution < -0.4 is 11.1 Å². The number of rotatable bonds is 2. The molecule has 0 aliphatic heterocycles. The highest BCUT2D eigenvalue weighted by Crippen LogP contribution is 2.24. The third-order valence-corrected chi connectivity index (χ3v) is 2.16. The van der Waals surface area contributed by atoms with Crippen molar-refractivity contribution in [3.8, 4) is 0 Å². The molecule has 2 amide bonds. The molecular formula is C7H12N2O3. The van der Waals surface area contributed by atoms with Crippen molar-refractivity contribution in [2.24, 2.45) is 11.7 Å². The van der Waals surface area contributed by atoms with E-state index in [1.807, 2.05) is 0 Å². The Balaban J connectivity index is 2.35. The third-order valence-electron chi connectivity index (χ3n) is 2.16. The molecule has 1 rings (SSSR count). The molecule has 0 heterocycles. The molecule has 5 nitrogen and oxygen atoms in total. The number of carbonyl (C=O) groups excluding carboxylic acids is 1. The fourth-order valence-electron chi connectivity index (χ4n) is 1.55. The van der Waals surface area contributed by atoms with Gasteiger partial charge in [-0.15, -0.1) is 0 Å². The minimum atomic E-state index is -1.04. The predicted octanol–water partition coefficient (Wildman–Crippen LogP) is -0.0920. The first-order valence-electron chi connectivity index (χ1n) is 3.88. The minimum Gasteiger partial charge on any atom is -0.465 e. The fraction of sp³-hybridized carbons (Fsp3) is 0.714. The van der Waals surface area contributed by atoms with E-state index in [-0.39, 0.29) is 17.9 Å². The predicted molar refractivity (Wildman–Crippen MR) is 41.5 cm³/mol. The molecule has 0 unspecified atom stereocenters. The minimum absolute atomic E-state index is 0.0972. The van der Waals surface area contributed by atoms with Crippen molar-refractivity contribution in [1.29, 1.82) is 0 Å². The lowest BCUT2D eigenvalue weighted by Crippen LogP contribution is -2.32. The van der Waals surface area contributed by atoms with Crippen molar-refractivity contribution >= 4 is 12.0 Å². The summed E-state index contributed by atoms with van der Waals surface area (Å²) in [6.45, 7) is 0. The molecule has 1 saturated carbocycles. The monoisotopic (exact) mass is 172 g/mol. The van der Waals surface area contributed by atoms with Crippen LogP contribution in [0.4, 0.5) is 4.79 Å². The molecular weight excluding hydrogens is 160 g/mol. The van der Waals surface area contributed by atoms with Crippen LogP contribution in [0.3, 0.4) is 0 Å². The molecule has 0 radical (unpaired) electrons. The number of nitrogens with two attached hydrogens (primary N) is 1. The number of amides is 2. The van der Waals surface area contributed by atoms with Crippen molar-refractivity contribution in [3.63, 3.8) is 0 Å². The second-order valence-electron chi connectivity index (χ2n) is 3.06. The van der Waals surface area contributed by atoms with Crippen molar-refractivity contribution in [3.05, 3.63) is 0 Å². The van der Waals surface area contributed by atoms with Crippen LogP contribution in [0.1, 0.15) is 19.3 Å². The van der Waals surface area contributed by atoms with E-state index in [1.165, 1.54) is 0 Å². The van der Waals surface area contributed by atoms with Crippen LogP contribution in [0.5, 0.6) is 0 Å². The third kappa shape index (κ3) is 2.11. The first kappa shape index (κ1) is 8.83. The second-order valence-corrected chi connectivity index (χ2v) is 3.06. The highest BCUT2D eigenvalue weighted by molar-refractivity contribution is 5.77. The number of hydrogen-bond acceptors (Lipinski definition) is 2.